The monoisotopic (exact) mass is 323 g/mol. The van der Waals surface area contributed by atoms with Crippen LogP contribution in [-0.2, 0) is 19.5 Å². The Labute approximate surface area is 139 Å². The van der Waals surface area contributed by atoms with Gasteiger partial charge < -0.3 is 5.32 Å². The van der Waals surface area contributed by atoms with Crippen molar-refractivity contribution in [2.75, 3.05) is 5.32 Å². The van der Waals surface area contributed by atoms with Gasteiger partial charge in [0.2, 0.25) is 0 Å². The number of nitro groups is 1. The van der Waals surface area contributed by atoms with Gasteiger partial charge in [0.05, 0.1) is 4.92 Å². The van der Waals surface area contributed by atoms with Crippen LogP contribution in [-0.4, -0.2) is 19.7 Å². The van der Waals surface area contributed by atoms with Gasteiger partial charge in [0.1, 0.15) is 5.82 Å². The first-order valence-corrected chi connectivity index (χ1v) is 7.60. The Balaban J connectivity index is 1.54. The summed E-state index contributed by atoms with van der Waals surface area (Å²) in [5.41, 5.74) is 2.15. The minimum absolute atomic E-state index is 0.0946. The first-order valence-electron chi connectivity index (χ1n) is 7.60. The van der Waals surface area contributed by atoms with Gasteiger partial charge in [-0.2, -0.15) is 5.10 Å². The number of hydrogen-bond acceptors (Lipinski definition) is 5. The maximum absolute atomic E-state index is 10.8. The van der Waals surface area contributed by atoms with E-state index in [1.54, 1.807) is 24.5 Å². The van der Waals surface area contributed by atoms with E-state index in [-0.39, 0.29) is 5.69 Å². The molecule has 0 saturated carbocycles. The lowest BCUT2D eigenvalue weighted by Gasteiger charge is -2.04. The summed E-state index contributed by atoms with van der Waals surface area (Å²) in [5.74, 6) is 0.747. The van der Waals surface area contributed by atoms with Gasteiger partial charge in [0, 0.05) is 49.9 Å². The molecule has 0 radical (unpaired) electrons. The molecule has 7 nitrogen and oxygen atoms in total. The van der Waals surface area contributed by atoms with Gasteiger partial charge in [-0.05, 0) is 29.7 Å². The smallest absolute Gasteiger partial charge is 0.269 e. The average Bonchev–Trinajstić information content (AvgIpc) is 3.07. The lowest BCUT2D eigenvalue weighted by Crippen LogP contribution is -2.04. The second kappa shape index (κ2) is 7.36. The molecule has 24 heavy (non-hydrogen) atoms. The van der Waals surface area contributed by atoms with Crippen LogP contribution < -0.4 is 5.32 Å². The third-order valence-electron chi connectivity index (χ3n) is 3.61. The molecule has 0 atom stereocenters. The highest BCUT2D eigenvalue weighted by molar-refractivity contribution is 5.38. The maximum atomic E-state index is 10.8. The van der Waals surface area contributed by atoms with Crippen molar-refractivity contribution in [3.05, 3.63) is 82.3 Å². The molecule has 2 heterocycles. The standard InChI is InChI=1S/C17H17N5O2/c23-22(24)16-3-1-2-15(12-16)13-19-17-7-11-21(20-17)10-6-14-4-8-18-9-5-14/h1-5,7-9,11-12H,6,10,13H2,(H,19,20). The van der Waals surface area contributed by atoms with Gasteiger partial charge in [0.15, 0.2) is 0 Å². The Kier molecular flexibility index (Phi) is 4.81. The quantitative estimate of drug-likeness (QED) is 0.533. The number of aryl methyl sites for hydroxylation is 2. The van der Waals surface area contributed by atoms with Crippen molar-refractivity contribution < 1.29 is 4.92 Å². The third kappa shape index (κ3) is 4.16. The molecule has 0 amide bonds. The van der Waals surface area contributed by atoms with Gasteiger partial charge in [-0.15, -0.1) is 0 Å². The molecule has 122 valence electrons. The van der Waals surface area contributed by atoms with Gasteiger partial charge in [-0.25, -0.2) is 0 Å². The fourth-order valence-electron chi connectivity index (χ4n) is 2.35. The molecule has 7 heteroatoms. The van der Waals surface area contributed by atoms with Crippen molar-refractivity contribution in [1.82, 2.24) is 14.8 Å². The van der Waals surface area contributed by atoms with Crippen LogP contribution in [0.1, 0.15) is 11.1 Å². The van der Waals surface area contributed by atoms with Gasteiger partial charge in [-0.3, -0.25) is 19.8 Å². The van der Waals surface area contributed by atoms with Crippen molar-refractivity contribution in [1.29, 1.82) is 0 Å². The molecule has 1 aromatic carbocycles. The summed E-state index contributed by atoms with van der Waals surface area (Å²) in [7, 11) is 0. The Morgan fingerprint density at radius 1 is 1.12 bits per heavy atom. The number of nitrogens with one attached hydrogen (secondary N) is 1. The minimum atomic E-state index is -0.392. The van der Waals surface area contributed by atoms with E-state index in [9.17, 15) is 10.1 Å². The molecule has 3 rings (SSSR count). The van der Waals surface area contributed by atoms with Crippen LogP contribution in [0.4, 0.5) is 11.5 Å². The van der Waals surface area contributed by atoms with Crippen LogP contribution in [0, 0.1) is 10.1 Å². The number of hydrogen-bond donors (Lipinski definition) is 1. The van der Waals surface area contributed by atoms with E-state index in [0.29, 0.717) is 6.54 Å². The number of pyridine rings is 1. The highest BCUT2D eigenvalue weighted by Crippen LogP contribution is 2.14. The first-order chi connectivity index (χ1) is 11.7. The molecule has 0 spiro atoms. The van der Waals surface area contributed by atoms with Crippen molar-refractivity contribution in [3.8, 4) is 0 Å². The molecule has 2 aromatic heterocycles. The van der Waals surface area contributed by atoms with Crippen LogP contribution in [0.2, 0.25) is 0 Å². The van der Waals surface area contributed by atoms with Gasteiger partial charge in [0.25, 0.3) is 5.69 Å². The summed E-state index contributed by atoms with van der Waals surface area (Å²) in [5, 5.41) is 18.4. The summed E-state index contributed by atoms with van der Waals surface area (Å²) < 4.78 is 1.87. The summed E-state index contributed by atoms with van der Waals surface area (Å²) in [4.78, 5) is 14.4. The number of aromatic nitrogens is 3. The summed E-state index contributed by atoms with van der Waals surface area (Å²) in [6, 6.07) is 12.5. The molecule has 0 aliphatic carbocycles. The van der Waals surface area contributed by atoms with Crippen LogP contribution in [0.3, 0.4) is 0 Å². The van der Waals surface area contributed by atoms with Crippen LogP contribution in [0.15, 0.2) is 61.1 Å². The van der Waals surface area contributed by atoms with E-state index in [1.807, 2.05) is 35.1 Å². The Morgan fingerprint density at radius 2 is 1.96 bits per heavy atom. The summed E-state index contributed by atoms with van der Waals surface area (Å²) in [6.45, 7) is 1.27. The largest absolute Gasteiger partial charge is 0.365 e. The zero-order chi connectivity index (χ0) is 16.8. The predicted molar refractivity (Wildman–Crippen MR) is 90.6 cm³/mol. The minimum Gasteiger partial charge on any atom is -0.365 e. The van der Waals surface area contributed by atoms with Crippen molar-refractivity contribution in [2.45, 2.75) is 19.5 Å². The Morgan fingerprint density at radius 3 is 2.75 bits per heavy atom. The van der Waals surface area contributed by atoms with Crippen molar-refractivity contribution in [3.63, 3.8) is 0 Å². The molecule has 0 unspecified atom stereocenters. The van der Waals surface area contributed by atoms with E-state index in [1.165, 1.54) is 11.6 Å². The second-order valence-corrected chi connectivity index (χ2v) is 5.35. The van der Waals surface area contributed by atoms with Crippen LogP contribution in [0.5, 0.6) is 0 Å². The number of nitrogens with zero attached hydrogens (tertiary/aromatic N) is 4. The fourth-order valence-corrected chi connectivity index (χ4v) is 2.35. The van der Waals surface area contributed by atoms with Gasteiger partial charge >= 0.3 is 0 Å². The zero-order valence-corrected chi connectivity index (χ0v) is 13.0. The van der Waals surface area contributed by atoms with Crippen LogP contribution >= 0.6 is 0 Å². The number of nitro benzene ring substituents is 1. The number of benzene rings is 1. The van der Waals surface area contributed by atoms with E-state index in [2.05, 4.69) is 15.4 Å². The molecular formula is C17H17N5O2. The number of anilines is 1. The topological polar surface area (TPSA) is 85.9 Å². The van der Waals surface area contributed by atoms with E-state index in [0.717, 1.165) is 24.3 Å². The lowest BCUT2D eigenvalue weighted by molar-refractivity contribution is -0.384. The van der Waals surface area contributed by atoms with Crippen molar-refractivity contribution >= 4 is 11.5 Å². The Bertz CT molecular complexity index is 817. The average molecular weight is 323 g/mol. The number of non-ortho nitro benzene ring substituents is 1. The lowest BCUT2D eigenvalue weighted by atomic mass is 10.2. The molecular weight excluding hydrogens is 306 g/mol. The number of rotatable bonds is 7. The zero-order valence-electron chi connectivity index (χ0n) is 13.0. The second-order valence-electron chi connectivity index (χ2n) is 5.35. The molecule has 0 fully saturated rings. The highest BCUT2D eigenvalue weighted by Gasteiger charge is 2.06. The van der Waals surface area contributed by atoms with Crippen molar-refractivity contribution in [2.24, 2.45) is 0 Å². The van der Waals surface area contributed by atoms with Crippen LogP contribution in [0.25, 0.3) is 0 Å². The Hall–Kier alpha value is -3.22. The molecule has 0 bridgehead atoms. The van der Waals surface area contributed by atoms with Gasteiger partial charge in [-0.1, -0.05) is 12.1 Å². The molecule has 0 saturated heterocycles. The van der Waals surface area contributed by atoms with E-state index < -0.39 is 4.92 Å². The molecule has 3 aromatic rings. The van der Waals surface area contributed by atoms with E-state index in [4.69, 9.17) is 0 Å². The predicted octanol–water partition coefficient (Wildman–Crippen LogP) is 3.04. The molecule has 0 aliphatic rings. The summed E-state index contributed by atoms with van der Waals surface area (Å²) in [6.07, 6.45) is 6.36. The van der Waals surface area contributed by atoms with E-state index >= 15 is 0 Å². The highest BCUT2D eigenvalue weighted by atomic mass is 16.6. The molecule has 0 aliphatic heterocycles. The summed E-state index contributed by atoms with van der Waals surface area (Å²) >= 11 is 0. The fraction of sp³-hybridized carbons (Fsp3) is 0.176. The maximum Gasteiger partial charge on any atom is 0.269 e. The third-order valence-corrected chi connectivity index (χ3v) is 3.61. The molecule has 1 N–H and O–H groups in total. The SMILES string of the molecule is O=[N+]([O-])c1cccc(CNc2ccn(CCc3ccncc3)n2)c1. The first kappa shape index (κ1) is 15.7. The normalized spacial score (nSPS) is 10.5.